The number of alkyl halides is 1. The molecule has 0 aliphatic rings. The van der Waals surface area contributed by atoms with Crippen molar-refractivity contribution in [3.8, 4) is 11.5 Å². The third-order valence-corrected chi connectivity index (χ3v) is 3.72. The molecule has 0 aromatic heterocycles. The summed E-state index contributed by atoms with van der Waals surface area (Å²) in [6, 6.07) is 14.0. The predicted octanol–water partition coefficient (Wildman–Crippen LogP) is 6.10. The van der Waals surface area contributed by atoms with E-state index in [1.807, 2.05) is 30.3 Å². The van der Waals surface area contributed by atoms with E-state index in [0.29, 0.717) is 11.8 Å². The summed E-state index contributed by atoms with van der Waals surface area (Å²) < 4.78 is 6.89. The molecule has 0 saturated carbocycles. The van der Waals surface area contributed by atoms with Crippen molar-refractivity contribution in [2.45, 2.75) is 25.6 Å². The standard InChI is InChI=1S/C16H16BrClO/c1-11(2)12-3-6-15(7-4-12)19-16-8-5-14(17)9-13(16)10-18/h3-9,11H,10H2,1-2H3. The van der Waals surface area contributed by atoms with Gasteiger partial charge >= 0.3 is 0 Å². The van der Waals surface area contributed by atoms with Crippen LogP contribution in [0.4, 0.5) is 0 Å². The maximum atomic E-state index is 5.94. The van der Waals surface area contributed by atoms with Crippen molar-refractivity contribution >= 4 is 27.5 Å². The molecule has 0 amide bonds. The topological polar surface area (TPSA) is 9.23 Å². The Bertz CT molecular complexity index is 549. The lowest BCUT2D eigenvalue weighted by molar-refractivity contribution is 0.478. The molecule has 1 nitrogen and oxygen atoms in total. The van der Waals surface area contributed by atoms with Crippen molar-refractivity contribution in [3.63, 3.8) is 0 Å². The minimum absolute atomic E-state index is 0.429. The average Bonchev–Trinajstić information content (AvgIpc) is 2.41. The van der Waals surface area contributed by atoms with Crippen LogP contribution in [0.3, 0.4) is 0 Å². The number of benzene rings is 2. The molecule has 0 fully saturated rings. The Morgan fingerprint density at radius 3 is 2.37 bits per heavy atom. The van der Waals surface area contributed by atoms with Gasteiger partial charge in [0.05, 0.1) is 5.88 Å². The molecular weight excluding hydrogens is 324 g/mol. The fraction of sp³-hybridized carbons (Fsp3) is 0.250. The molecule has 0 unspecified atom stereocenters. The average molecular weight is 340 g/mol. The van der Waals surface area contributed by atoms with Crippen LogP contribution in [0.2, 0.25) is 0 Å². The summed E-state index contributed by atoms with van der Waals surface area (Å²) in [7, 11) is 0. The molecule has 0 saturated heterocycles. The Hall–Kier alpha value is -0.990. The first-order valence-corrected chi connectivity index (χ1v) is 7.55. The smallest absolute Gasteiger partial charge is 0.131 e. The minimum Gasteiger partial charge on any atom is -0.457 e. The number of hydrogen-bond donors (Lipinski definition) is 0. The zero-order chi connectivity index (χ0) is 13.8. The maximum Gasteiger partial charge on any atom is 0.131 e. The van der Waals surface area contributed by atoms with Gasteiger partial charge in [-0.15, -0.1) is 11.6 Å². The molecule has 0 spiro atoms. The Morgan fingerprint density at radius 2 is 1.79 bits per heavy atom. The Balaban J connectivity index is 2.21. The summed E-state index contributed by atoms with van der Waals surface area (Å²) in [5, 5.41) is 0. The summed E-state index contributed by atoms with van der Waals surface area (Å²) in [6.07, 6.45) is 0. The van der Waals surface area contributed by atoms with Crippen LogP contribution >= 0.6 is 27.5 Å². The van der Waals surface area contributed by atoms with Gasteiger partial charge in [-0.25, -0.2) is 0 Å². The third-order valence-electron chi connectivity index (χ3n) is 2.94. The van der Waals surface area contributed by atoms with Crippen LogP contribution < -0.4 is 4.74 Å². The van der Waals surface area contributed by atoms with Gasteiger partial charge in [-0.1, -0.05) is 41.9 Å². The molecule has 0 atom stereocenters. The number of ether oxygens (including phenoxy) is 1. The van der Waals surface area contributed by atoms with Crippen molar-refractivity contribution in [3.05, 3.63) is 58.1 Å². The van der Waals surface area contributed by atoms with E-state index in [2.05, 4.69) is 41.9 Å². The molecule has 0 bridgehead atoms. The second kappa shape index (κ2) is 6.44. The molecular formula is C16H16BrClO. The van der Waals surface area contributed by atoms with Gasteiger partial charge in [0.25, 0.3) is 0 Å². The zero-order valence-corrected chi connectivity index (χ0v) is 13.3. The van der Waals surface area contributed by atoms with Crippen LogP contribution in [0, 0.1) is 0 Å². The van der Waals surface area contributed by atoms with Gasteiger partial charge in [0, 0.05) is 10.0 Å². The molecule has 2 aromatic carbocycles. The minimum atomic E-state index is 0.429. The van der Waals surface area contributed by atoms with Crippen molar-refractivity contribution in [1.82, 2.24) is 0 Å². The number of rotatable bonds is 4. The summed E-state index contributed by atoms with van der Waals surface area (Å²) in [6.45, 7) is 4.35. The molecule has 2 aromatic rings. The lowest BCUT2D eigenvalue weighted by Gasteiger charge is -2.11. The van der Waals surface area contributed by atoms with Gasteiger partial charge in [0.1, 0.15) is 11.5 Å². The Labute approximate surface area is 127 Å². The first-order chi connectivity index (χ1) is 9.10. The van der Waals surface area contributed by atoms with Gasteiger partial charge < -0.3 is 4.74 Å². The highest BCUT2D eigenvalue weighted by molar-refractivity contribution is 9.10. The molecule has 100 valence electrons. The number of halogens is 2. The van der Waals surface area contributed by atoms with Crippen LogP contribution in [0.5, 0.6) is 11.5 Å². The van der Waals surface area contributed by atoms with E-state index in [-0.39, 0.29) is 0 Å². The van der Waals surface area contributed by atoms with Gasteiger partial charge in [0.15, 0.2) is 0 Å². The monoisotopic (exact) mass is 338 g/mol. The van der Waals surface area contributed by atoms with E-state index in [1.54, 1.807) is 0 Å². The molecule has 2 rings (SSSR count). The second-order valence-electron chi connectivity index (χ2n) is 4.71. The van der Waals surface area contributed by atoms with Gasteiger partial charge in [-0.3, -0.25) is 0 Å². The molecule has 3 heteroatoms. The van der Waals surface area contributed by atoms with E-state index >= 15 is 0 Å². The number of hydrogen-bond acceptors (Lipinski definition) is 1. The second-order valence-corrected chi connectivity index (χ2v) is 5.89. The van der Waals surface area contributed by atoms with E-state index in [9.17, 15) is 0 Å². The molecule has 0 aliphatic carbocycles. The lowest BCUT2D eigenvalue weighted by Crippen LogP contribution is -1.91. The third kappa shape index (κ3) is 3.74. The Kier molecular flexibility index (Phi) is 4.89. The SMILES string of the molecule is CC(C)c1ccc(Oc2ccc(Br)cc2CCl)cc1. The fourth-order valence-corrected chi connectivity index (χ4v) is 2.42. The first-order valence-electron chi connectivity index (χ1n) is 6.22. The highest BCUT2D eigenvalue weighted by Crippen LogP contribution is 2.30. The van der Waals surface area contributed by atoms with Gasteiger partial charge in [0.2, 0.25) is 0 Å². The van der Waals surface area contributed by atoms with E-state index in [4.69, 9.17) is 16.3 Å². The summed E-state index contributed by atoms with van der Waals surface area (Å²) in [5.74, 6) is 2.59. The maximum absolute atomic E-state index is 5.94. The predicted molar refractivity (Wildman–Crippen MR) is 84.3 cm³/mol. The Morgan fingerprint density at radius 1 is 1.11 bits per heavy atom. The van der Waals surface area contributed by atoms with E-state index in [0.717, 1.165) is 21.5 Å². The highest BCUT2D eigenvalue weighted by atomic mass is 79.9. The summed E-state index contributed by atoms with van der Waals surface area (Å²) in [4.78, 5) is 0. The first kappa shape index (κ1) is 14.4. The lowest BCUT2D eigenvalue weighted by atomic mass is 10.0. The summed E-state index contributed by atoms with van der Waals surface area (Å²) >= 11 is 9.37. The van der Waals surface area contributed by atoms with Crippen LogP contribution in [0.1, 0.15) is 30.9 Å². The normalized spacial score (nSPS) is 10.8. The van der Waals surface area contributed by atoms with Crippen LogP contribution in [-0.4, -0.2) is 0 Å². The molecule has 0 heterocycles. The van der Waals surface area contributed by atoms with Crippen molar-refractivity contribution < 1.29 is 4.74 Å². The van der Waals surface area contributed by atoms with Crippen molar-refractivity contribution in [1.29, 1.82) is 0 Å². The molecule has 0 aliphatic heterocycles. The van der Waals surface area contributed by atoms with Gasteiger partial charge in [-0.05, 0) is 41.8 Å². The van der Waals surface area contributed by atoms with E-state index < -0.39 is 0 Å². The molecule has 0 N–H and O–H groups in total. The van der Waals surface area contributed by atoms with Crippen molar-refractivity contribution in [2.24, 2.45) is 0 Å². The van der Waals surface area contributed by atoms with Gasteiger partial charge in [-0.2, -0.15) is 0 Å². The summed E-state index contributed by atoms with van der Waals surface area (Å²) in [5.41, 5.74) is 2.28. The van der Waals surface area contributed by atoms with Crippen molar-refractivity contribution in [2.75, 3.05) is 0 Å². The van der Waals surface area contributed by atoms with Crippen LogP contribution in [0.15, 0.2) is 46.9 Å². The fourth-order valence-electron chi connectivity index (χ4n) is 1.80. The quantitative estimate of drug-likeness (QED) is 0.611. The molecule has 0 radical (unpaired) electrons. The van der Waals surface area contributed by atoms with E-state index in [1.165, 1.54) is 5.56 Å². The van der Waals surface area contributed by atoms with Crippen LogP contribution in [0.25, 0.3) is 0 Å². The van der Waals surface area contributed by atoms with Crippen LogP contribution in [-0.2, 0) is 5.88 Å². The molecule has 19 heavy (non-hydrogen) atoms. The largest absolute Gasteiger partial charge is 0.457 e. The zero-order valence-electron chi connectivity index (χ0n) is 11.0. The highest BCUT2D eigenvalue weighted by Gasteiger charge is 2.06.